The van der Waals surface area contributed by atoms with Crippen molar-refractivity contribution in [3.05, 3.63) is 83.2 Å². The molecule has 29 heavy (non-hydrogen) atoms. The Hall–Kier alpha value is -3.81. The number of benzene rings is 1. The third-order valence-corrected chi connectivity index (χ3v) is 4.44. The van der Waals surface area contributed by atoms with Gasteiger partial charge in [0.05, 0.1) is 11.3 Å². The van der Waals surface area contributed by atoms with Crippen LogP contribution >= 0.6 is 0 Å². The van der Waals surface area contributed by atoms with Crippen LogP contribution in [0.2, 0.25) is 0 Å². The standard InChI is InChI=1S/C21H19FN6O/c22-16-5-3-14(4-6-16)18-19(15-7-10-23-11-8-15)27-21(28-20(18)29)26-9-1-2-17-24-12-13-25-17/h3-8,10-13H,1-2,9H2,(H,24,25)(H2,26,27,28,29). The minimum Gasteiger partial charge on any atom is -0.356 e. The van der Waals surface area contributed by atoms with Crippen LogP contribution < -0.4 is 10.9 Å². The van der Waals surface area contributed by atoms with Gasteiger partial charge in [0.25, 0.3) is 5.56 Å². The van der Waals surface area contributed by atoms with Crippen LogP contribution in [0, 0.1) is 5.82 Å². The van der Waals surface area contributed by atoms with Crippen molar-refractivity contribution in [3.8, 4) is 22.4 Å². The molecule has 1 aromatic carbocycles. The molecule has 0 fully saturated rings. The molecular weight excluding hydrogens is 371 g/mol. The van der Waals surface area contributed by atoms with Gasteiger partial charge in [-0.05, 0) is 36.2 Å². The minimum absolute atomic E-state index is 0.299. The molecule has 0 saturated heterocycles. The predicted octanol–water partition coefficient (Wildman–Crippen LogP) is 3.41. The van der Waals surface area contributed by atoms with E-state index < -0.39 is 0 Å². The molecule has 0 atom stereocenters. The van der Waals surface area contributed by atoms with E-state index in [9.17, 15) is 9.18 Å². The third kappa shape index (κ3) is 4.37. The van der Waals surface area contributed by atoms with Crippen molar-refractivity contribution in [2.24, 2.45) is 0 Å². The molecule has 146 valence electrons. The molecule has 3 aromatic heterocycles. The van der Waals surface area contributed by atoms with Crippen molar-refractivity contribution in [2.75, 3.05) is 11.9 Å². The summed E-state index contributed by atoms with van der Waals surface area (Å²) in [5.41, 5.74) is 1.95. The van der Waals surface area contributed by atoms with Crippen LogP contribution in [-0.4, -0.2) is 31.5 Å². The van der Waals surface area contributed by atoms with Crippen LogP contribution in [0.25, 0.3) is 22.4 Å². The highest BCUT2D eigenvalue weighted by atomic mass is 19.1. The second-order valence-corrected chi connectivity index (χ2v) is 6.45. The average molecular weight is 390 g/mol. The Morgan fingerprint density at radius 3 is 2.52 bits per heavy atom. The molecule has 7 nitrogen and oxygen atoms in total. The van der Waals surface area contributed by atoms with Crippen LogP contribution in [0.1, 0.15) is 12.2 Å². The minimum atomic E-state index is -0.363. The summed E-state index contributed by atoms with van der Waals surface area (Å²) >= 11 is 0. The first kappa shape index (κ1) is 18.5. The maximum Gasteiger partial charge on any atom is 0.260 e. The van der Waals surface area contributed by atoms with E-state index in [-0.39, 0.29) is 11.4 Å². The average Bonchev–Trinajstić information content (AvgIpc) is 3.26. The van der Waals surface area contributed by atoms with Crippen LogP contribution in [-0.2, 0) is 6.42 Å². The van der Waals surface area contributed by atoms with Crippen LogP contribution in [0.3, 0.4) is 0 Å². The zero-order valence-electron chi connectivity index (χ0n) is 15.5. The largest absolute Gasteiger partial charge is 0.356 e. The number of hydrogen-bond acceptors (Lipinski definition) is 5. The molecule has 0 bridgehead atoms. The number of nitrogens with zero attached hydrogens (tertiary/aromatic N) is 3. The molecule has 8 heteroatoms. The lowest BCUT2D eigenvalue weighted by atomic mass is 10.0. The number of imidazole rings is 1. The summed E-state index contributed by atoms with van der Waals surface area (Å²) in [6, 6.07) is 9.37. The number of aryl methyl sites for hydroxylation is 1. The van der Waals surface area contributed by atoms with E-state index in [1.165, 1.54) is 12.1 Å². The fourth-order valence-electron chi connectivity index (χ4n) is 3.06. The number of halogens is 1. The van der Waals surface area contributed by atoms with Gasteiger partial charge in [-0.2, -0.15) is 0 Å². The van der Waals surface area contributed by atoms with E-state index in [1.54, 1.807) is 49.1 Å². The normalized spacial score (nSPS) is 10.8. The molecule has 0 amide bonds. The molecule has 0 aliphatic rings. The number of pyridine rings is 1. The maximum atomic E-state index is 13.3. The molecular formula is C21H19FN6O. The summed E-state index contributed by atoms with van der Waals surface area (Å²) in [7, 11) is 0. The van der Waals surface area contributed by atoms with Crippen LogP contribution in [0.4, 0.5) is 10.3 Å². The van der Waals surface area contributed by atoms with E-state index in [0.29, 0.717) is 29.3 Å². The second-order valence-electron chi connectivity index (χ2n) is 6.45. The van der Waals surface area contributed by atoms with Gasteiger partial charge in [-0.25, -0.2) is 14.4 Å². The summed E-state index contributed by atoms with van der Waals surface area (Å²) < 4.78 is 13.3. The smallest absolute Gasteiger partial charge is 0.260 e. The van der Waals surface area contributed by atoms with Gasteiger partial charge in [-0.15, -0.1) is 0 Å². The Bertz CT molecular complexity index is 1120. The fraction of sp³-hybridized carbons (Fsp3) is 0.143. The van der Waals surface area contributed by atoms with Gasteiger partial charge in [-0.3, -0.25) is 14.8 Å². The van der Waals surface area contributed by atoms with Gasteiger partial charge in [0.15, 0.2) is 0 Å². The quantitative estimate of drug-likeness (QED) is 0.420. The van der Waals surface area contributed by atoms with E-state index in [2.05, 4.69) is 30.2 Å². The van der Waals surface area contributed by atoms with Crippen molar-refractivity contribution in [3.63, 3.8) is 0 Å². The zero-order chi connectivity index (χ0) is 20.1. The third-order valence-electron chi connectivity index (χ3n) is 4.44. The highest BCUT2D eigenvalue weighted by Gasteiger charge is 2.15. The highest BCUT2D eigenvalue weighted by Crippen LogP contribution is 2.28. The van der Waals surface area contributed by atoms with Crippen molar-refractivity contribution in [1.82, 2.24) is 24.9 Å². The van der Waals surface area contributed by atoms with Gasteiger partial charge < -0.3 is 10.3 Å². The first-order chi connectivity index (χ1) is 14.2. The number of aromatic nitrogens is 5. The molecule has 3 heterocycles. The van der Waals surface area contributed by atoms with Crippen molar-refractivity contribution in [1.29, 1.82) is 0 Å². The molecule has 4 aromatic rings. The Morgan fingerprint density at radius 2 is 1.79 bits per heavy atom. The number of anilines is 1. The predicted molar refractivity (Wildman–Crippen MR) is 109 cm³/mol. The Morgan fingerprint density at radius 1 is 1.00 bits per heavy atom. The molecule has 0 spiro atoms. The van der Waals surface area contributed by atoms with Crippen molar-refractivity contribution in [2.45, 2.75) is 12.8 Å². The molecule has 0 saturated carbocycles. The number of nitrogens with one attached hydrogen (secondary N) is 3. The maximum absolute atomic E-state index is 13.3. The zero-order valence-corrected chi connectivity index (χ0v) is 15.5. The van der Waals surface area contributed by atoms with Crippen LogP contribution in [0.15, 0.2) is 66.0 Å². The molecule has 3 N–H and O–H groups in total. The van der Waals surface area contributed by atoms with E-state index in [4.69, 9.17) is 0 Å². The van der Waals surface area contributed by atoms with Gasteiger partial charge in [0.1, 0.15) is 11.6 Å². The molecule has 4 rings (SSSR count). The second kappa shape index (κ2) is 8.47. The highest BCUT2D eigenvalue weighted by molar-refractivity contribution is 5.80. The lowest BCUT2D eigenvalue weighted by molar-refractivity contribution is 0.628. The summed E-state index contributed by atoms with van der Waals surface area (Å²) in [6.45, 7) is 0.620. The molecule has 0 aliphatic carbocycles. The topological polar surface area (TPSA) is 99.3 Å². The van der Waals surface area contributed by atoms with E-state index >= 15 is 0 Å². The SMILES string of the molecule is O=c1[nH]c(NCCCc2ncc[nH]2)nc(-c2ccncc2)c1-c1ccc(F)cc1. The van der Waals surface area contributed by atoms with E-state index in [1.807, 2.05) is 0 Å². The van der Waals surface area contributed by atoms with Gasteiger partial charge in [-0.1, -0.05) is 12.1 Å². The lowest BCUT2D eigenvalue weighted by Gasteiger charge is -2.12. The molecule has 0 unspecified atom stereocenters. The van der Waals surface area contributed by atoms with Gasteiger partial charge in [0, 0.05) is 43.3 Å². The van der Waals surface area contributed by atoms with Crippen molar-refractivity contribution < 1.29 is 4.39 Å². The number of aromatic amines is 2. The summed E-state index contributed by atoms with van der Waals surface area (Å²) in [5, 5.41) is 3.16. The van der Waals surface area contributed by atoms with Gasteiger partial charge >= 0.3 is 0 Å². The summed E-state index contributed by atoms with van der Waals surface area (Å²) in [6.07, 6.45) is 8.40. The monoisotopic (exact) mass is 390 g/mol. The summed E-state index contributed by atoms with van der Waals surface area (Å²) in [4.78, 5) is 31.6. The Balaban J connectivity index is 1.63. The number of H-pyrrole nitrogens is 2. The number of rotatable bonds is 7. The molecule has 0 aliphatic heterocycles. The first-order valence-corrected chi connectivity index (χ1v) is 9.23. The van der Waals surface area contributed by atoms with E-state index in [0.717, 1.165) is 24.2 Å². The van der Waals surface area contributed by atoms with Crippen molar-refractivity contribution >= 4 is 5.95 Å². The Kier molecular flexibility index (Phi) is 5.42. The first-order valence-electron chi connectivity index (χ1n) is 9.23. The lowest BCUT2D eigenvalue weighted by Crippen LogP contribution is -2.17. The summed E-state index contributed by atoms with van der Waals surface area (Å²) in [5.74, 6) is 0.933. The fourth-order valence-corrected chi connectivity index (χ4v) is 3.06. The molecule has 0 radical (unpaired) electrons. The van der Waals surface area contributed by atoms with Crippen LogP contribution in [0.5, 0.6) is 0 Å². The van der Waals surface area contributed by atoms with Gasteiger partial charge in [0.2, 0.25) is 5.95 Å². The number of hydrogen-bond donors (Lipinski definition) is 3. The Labute approximate surface area is 166 Å².